The summed E-state index contributed by atoms with van der Waals surface area (Å²) in [4.78, 5) is 5.13. The van der Waals surface area contributed by atoms with Crippen molar-refractivity contribution in [3.8, 4) is 33.4 Å². The smallest absolute Gasteiger partial charge is 0.203 e. The van der Waals surface area contributed by atoms with Gasteiger partial charge >= 0.3 is 0 Å². The van der Waals surface area contributed by atoms with E-state index in [9.17, 15) is 0 Å². The van der Waals surface area contributed by atoms with E-state index in [4.69, 9.17) is 4.98 Å². The second-order valence-electron chi connectivity index (χ2n) is 9.84. The highest BCUT2D eigenvalue weighted by molar-refractivity contribution is 6.02. The van der Waals surface area contributed by atoms with Crippen molar-refractivity contribution in [2.24, 2.45) is 0 Å². The Kier molecular flexibility index (Phi) is 5.28. The van der Waals surface area contributed by atoms with E-state index in [0.717, 1.165) is 11.4 Å². The van der Waals surface area contributed by atoms with Gasteiger partial charge in [0.15, 0.2) is 11.4 Å². The molecule has 1 aromatic heterocycles. The van der Waals surface area contributed by atoms with Gasteiger partial charge in [0.05, 0.1) is 11.1 Å². The summed E-state index contributed by atoms with van der Waals surface area (Å²) in [5, 5.41) is 0. The van der Waals surface area contributed by atoms with Gasteiger partial charge in [-0.2, -0.15) is 4.48 Å². The van der Waals surface area contributed by atoms with Gasteiger partial charge in [0.25, 0.3) is 0 Å². The van der Waals surface area contributed by atoms with Crippen LogP contribution in [-0.2, 0) is 0 Å². The lowest BCUT2D eigenvalue weighted by Crippen LogP contribution is -2.32. The fourth-order valence-electron chi connectivity index (χ4n) is 5.91. The number of fused-ring (bicyclic) bond motifs is 3. The molecule has 0 saturated heterocycles. The number of pyridine rings is 1. The first kappa shape index (κ1) is 22.4. The minimum atomic E-state index is 0.461. The fraction of sp³-hybridized carbons (Fsp3) is 0.0278. The van der Waals surface area contributed by atoms with E-state index >= 15 is 0 Å². The Labute approximate surface area is 223 Å². The van der Waals surface area contributed by atoms with E-state index in [1.807, 2.05) is 6.20 Å². The molecule has 1 aliphatic rings. The van der Waals surface area contributed by atoms with Gasteiger partial charge in [-0.05, 0) is 46.9 Å². The average Bonchev–Trinajstić information content (AvgIpc) is 3.30. The lowest BCUT2D eigenvalue weighted by atomic mass is 9.98. The first-order valence-corrected chi connectivity index (χ1v) is 13.0. The van der Waals surface area contributed by atoms with Crippen molar-refractivity contribution < 1.29 is 0 Å². The van der Waals surface area contributed by atoms with Gasteiger partial charge in [-0.25, -0.2) is 4.98 Å². The molecule has 7 rings (SSSR count). The number of para-hydroxylation sites is 3. The molecule has 0 unspecified atom stereocenters. The van der Waals surface area contributed by atoms with Crippen LogP contribution in [0.25, 0.3) is 33.4 Å². The molecule has 0 aliphatic carbocycles. The summed E-state index contributed by atoms with van der Waals surface area (Å²) in [6.45, 7) is 2.15. The Hall–Kier alpha value is -4.79. The highest BCUT2D eigenvalue weighted by atomic mass is 15.4. The molecule has 0 fully saturated rings. The van der Waals surface area contributed by atoms with E-state index in [-0.39, 0.29) is 0 Å². The van der Waals surface area contributed by atoms with Crippen molar-refractivity contribution in [2.45, 2.75) is 6.92 Å². The Morgan fingerprint density at radius 1 is 0.474 bits per heavy atom. The molecule has 1 aliphatic heterocycles. The minimum absolute atomic E-state index is 0.461. The molecule has 0 N–H and O–H groups in total. The standard InChI is InChI=1S/C36H27N2/c1-26-25-37-36(24-33(26)29-22-20-28(21-23-29)27-12-4-2-5-13-27)38(30-14-6-3-7-15-30)34-18-10-8-16-31(34)32-17-9-11-19-35(32)38/h2-25H,1H3/q+1. The lowest BCUT2D eigenvalue weighted by Gasteiger charge is -2.33. The molecule has 0 atom stereocenters. The van der Waals surface area contributed by atoms with Crippen LogP contribution >= 0.6 is 0 Å². The van der Waals surface area contributed by atoms with Crippen molar-refractivity contribution in [1.82, 2.24) is 9.47 Å². The van der Waals surface area contributed by atoms with Gasteiger partial charge in [0.2, 0.25) is 5.82 Å². The maximum atomic E-state index is 5.13. The van der Waals surface area contributed by atoms with Crippen LogP contribution in [0, 0.1) is 6.92 Å². The molecule has 0 amide bonds. The molecular formula is C36H27N2+. The quantitative estimate of drug-likeness (QED) is 0.225. The molecule has 0 saturated carbocycles. The number of quaternary nitrogens is 1. The molecule has 2 nitrogen and oxygen atoms in total. The number of benzene rings is 5. The van der Waals surface area contributed by atoms with Gasteiger partial charge < -0.3 is 0 Å². The van der Waals surface area contributed by atoms with E-state index in [1.54, 1.807) is 0 Å². The Balaban J connectivity index is 1.46. The molecule has 180 valence electrons. The maximum absolute atomic E-state index is 5.13. The average molecular weight is 488 g/mol. The molecule has 2 heteroatoms. The van der Waals surface area contributed by atoms with Gasteiger partial charge in [-0.3, -0.25) is 0 Å². The first-order valence-electron chi connectivity index (χ1n) is 13.0. The summed E-state index contributed by atoms with van der Waals surface area (Å²) >= 11 is 0. The second kappa shape index (κ2) is 8.95. The Bertz CT molecular complexity index is 1710. The van der Waals surface area contributed by atoms with Crippen LogP contribution in [0.5, 0.6) is 0 Å². The SMILES string of the molecule is Cc1cnc([N+]2(c3ccccc3)c3ccccc3-c3ccccc32)cc1-c1ccc(-c2ccccc2)cc1. The zero-order chi connectivity index (χ0) is 25.5. The molecular weight excluding hydrogens is 460 g/mol. The maximum Gasteiger partial charge on any atom is 0.243 e. The summed E-state index contributed by atoms with van der Waals surface area (Å²) in [6, 6.07) is 50.0. The van der Waals surface area contributed by atoms with Crippen LogP contribution in [-0.4, -0.2) is 4.98 Å². The van der Waals surface area contributed by atoms with E-state index < -0.39 is 0 Å². The number of aryl methyl sites for hydroxylation is 1. The van der Waals surface area contributed by atoms with E-state index in [2.05, 4.69) is 146 Å². The van der Waals surface area contributed by atoms with Crippen molar-refractivity contribution in [2.75, 3.05) is 0 Å². The van der Waals surface area contributed by atoms with Crippen molar-refractivity contribution in [3.05, 3.63) is 151 Å². The zero-order valence-electron chi connectivity index (χ0n) is 21.3. The molecule has 0 spiro atoms. The summed E-state index contributed by atoms with van der Waals surface area (Å²) in [5.41, 5.74) is 12.1. The molecule has 38 heavy (non-hydrogen) atoms. The number of nitrogens with zero attached hydrogens (tertiary/aromatic N) is 2. The molecule has 5 aromatic carbocycles. The summed E-state index contributed by atoms with van der Waals surface area (Å²) in [6.07, 6.45) is 2.03. The third-order valence-corrected chi connectivity index (χ3v) is 7.70. The lowest BCUT2D eigenvalue weighted by molar-refractivity contribution is 0.697. The largest absolute Gasteiger partial charge is 0.243 e. The topological polar surface area (TPSA) is 12.9 Å². The van der Waals surface area contributed by atoms with Gasteiger partial charge in [-0.1, -0.05) is 97.1 Å². The van der Waals surface area contributed by atoms with Gasteiger partial charge in [-0.15, -0.1) is 0 Å². The Morgan fingerprint density at radius 3 is 1.61 bits per heavy atom. The molecule has 0 radical (unpaired) electrons. The Morgan fingerprint density at radius 2 is 0.974 bits per heavy atom. The van der Waals surface area contributed by atoms with Gasteiger partial charge in [0, 0.05) is 36.5 Å². The molecule has 6 aromatic rings. The first-order chi connectivity index (χ1) is 18.8. The van der Waals surface area contributed by atoms with Crippen molar-refractivity contribution in [3.63, 3.8) is 0 Å². The van der Waals surface area contributed by atoms with Crippen molar-refractivity contribution >= 4 is 22.9 Å². The number of hydrogen-bond donors (Lipinski definition) is 0. The third kappa shape index (κ3) is 3.35. The highest BCUT2D eigenvalue weighted by Crippen LogP contribution is 2.61. The monoisotopic (exact) mass is 487 g/mol. The summed E-state index contributed by atoms with van der Waals surface area (Å²) in [7, 11) is 0. The van der Waals surface area contributed by atoms with Crippen LogP contribution < -0.4 is 4.48 Å². The summed E-state index contributed by atoms with van der Waals surface area (Å²) < 4.78 is 0.461. The van der Waals surface area contributed by atoms with Crippen LogP contribution in [0.3, 0.4) is 0 Å². The third-order valence-electron chi connectivity index (χ3n) is 7.70. The summed E-state index contributed by atoms with van der Waals surface area (Å²) in [5.74, 6) is 0.987. The zero-order valence-corrected chi connectivity index (χ0v) is 21.3. The van der Waals surface area contributed by atoms with Crippen LogP contribution in [0.2, 0.25) is 0 Å². The highest BCUT2D eigenvalue weighted by Gasteiger charge is 2.48. The van der Waals surface area contributed by atoms with Crippen LogP contribution in [0.4, 0.5) is 22.9 Å². The van der Waals surface area contributed by atoms with E-state index in [0.29, 0.717) is 4.48 Å². The predicted octanol–water partition coefficient (Wildman–Crippen LogP) is 10.0. The normalized spacial score (nSPS) is 13.1. The fourth-order valence-corrected chi connectivity index (χ4v) is 5.91. The number of rotatable bonds is 4. The second-order valence-corrected chi connectivity index (χ2v) is 9.84. The van der Waals surface area contributed by atoms with Gasteiger partial charge in [0.1, 0.15) is 5.69 Å². The number of aromatic nitrogens is 1. The van der Waals surface area contributed by atoms with Crippen LogP contribution in [0.1, 0.15) is 5.56 Å². The van der Waals surface area contributed by atoms with Crippen LogP contribution in [0.15, 0.2) is 146 Å². The predicted molar refractivity (Wildman–Crippen MR) is 159 cm³/mol. The molecule has 0 bridgehead atoms. The van der Waals surface area contributed by atoms with Crippen molar-refractivity contribution in [1.29, 1.82) is 0 Å². The molecule has 2 heterocycles. The number of hydrogen-bond acceptors (Lipinski definition) is 1. The minimum Gasteiger partial charge on any atom is -0.203 e. The van der Waals surface area contributed by atoms with E-state index in [1.165, 1.54) is 50.4 Å².